The zero-order valence-electron chi connectivity index (χ0n) is 16.9. The van der Waals surface area contributed by atoms with Gasteiger partial charge in [0.1, 0.15) is 11.5 Å². The molecule has 0 unspecified atom stereocenters. The van der Waals surface area contributed by atoms with Gasteiger partial charge in [0, 0.05) is 16.5 Å². The Hall–Kier alpha value is -3.44. The average Bonchev–Trinajstić information content (AvgIpc) is 3.25. The molecule has 0 amide bonds. The maximum Gasteiger partial charge on any atom is 0.203 e. The molecular weight excluding hydrogens is 390 g/mol. The number of hydrogen-bond donors (Lipinski definition) is 1. The summed E-state index contributed by atoms with van der Waals surface area (Å²) in [7, 11) is 0. The highest BCUT2D eigenvalue weighted by Crippen LogP contribution is 2.31. The third kappa shape index (κ3) is 4.75. The van der Waals surface area contributed by atoms with E-state index in [4.69, 9.17) is 4.74 Å². The lowest BCUT2D eigenvalue weighted by atomic mass is 10.0. The minimum Gasteiger partial charge on any atom is -0.456 e. The van der Waals surface area contributed by atoms with Crippen molar-refractivity contribution in [3.05, 3.63) is 95.4 Å². The van der Waals surface area contributed by atoms with Gasteiger partial charge in [0.15, 0.2) is 0 Å². The van der Waals surface area contributed by atoms with Gasteiger partial charge in [-0.15, -0.1) is 11.3 Å². The SMILES string of the molecule is CC(C)c1ccccc1Oc1ccccc1C=NNc1nc(-c2ccccc2)cs1. The molecule has 4 nitrogen and oxygen atoms in total. The highest BCUT2D eigenvalue weighted by atomic mass is 32.1. The molecule has 0 fully saturated rings. The fourth-order valence-electron chi connectivity index (χ4n) is 3.07. The van der Waals surface area contributed by atoms with Crippen LogP contribution in [0.1, 0.15) is 30.9 Å². The molecule has 0 bridgehead atoms. The lowest BCUT2D eigenvalue weighted by Gasteiger charge is -2.14. The van der Waals surface area contributed by atoms with Crippen LogP contribution in [-0.4, -0.2) is 11.2 Å². The van der Waals surface area contributed by atoms with Crippen molar-refractivity contribution in [1.29, 1.82) is 0 Å². The number of nitrogens with one attached hydrogen (secondary N) is 1. The van der Waals surface area contributed by atoms with Crippen LogP contribution >= 0.6 is 11.3 Å². The van der Waals surface area contributed by atoms with Crippen molar-refractivity contribution < 1.29 is 4.74 Å². The number of hydrogen-bond acceptors (Lipinski definition) is 5. The Morgan fingerprint density at radius 3 is 2.40 bits per heavy atom. The Bertz CT molecular complexity index is 1140. The molecule has 0 saturated heterocycles. The zero-order valence-corrected chi connectivity index (χ0v) is 17.8. The van der Waals surface area contributed by atoms with E-state index in [-0.39, 0.29) is 0 Å². The molecule has 0 aliphatic heterocycles. The van der Waals surface area contributed by atoms with Crippen LogP contribution in [0.2, 0.25) is 0 Å². The normalized spacial score (nSPS) is 11.2. The van der Waals surface area contributed by atoms with Gasteiger partial charge in [-0.2, -0.15) is 5.10 Å². The second-order valence-electron chi connectivity index (χ2n) is 7.11. The first kappa shape index (κ1) is 19.9. The quantitative estimate of drug-likeness (QED) is 0.258. The average molecular weight is 414 g/mol. The Balaban J connectivity index is 1.49. The number of thiazole rings is 1. The summed E-state index contributed by atoms with van der Waals surface area (Å²) in [6.45, 7) is 4.33. The van der Waals surface area contributed by atoms with Gasteiger partial charge in [-0.1, -0.05) is 74.5 Å². The molecule has 3 aromatic carbocycles. The monoisotopic (exact) mass is 413 g/mol. The molecule has 0 aliphatic carbocycles. The number of benzene rings is 3. The van der Waals surface area contributed by atoms with Crippen molar-refractivity contribution in [2.75, 3.05) is 5.43 Å². The van der Waals surface area contributed by atoms with Crippen molar-refractivity contribution in [1.82, 2.24) is 4.98 Å². The van der Waals surface area contributed by atoms with E-state index < -0.39 is 0 Å². The topological polar surface area (TPSA) is 46.5 Å². The number of anilines is 1. The minimum atomic E-state index is 0.382. The lowest BCUT2D eigenvalue weighted by molar-refractivity contribution is 0.472. The molecule has 30 heavy (non-hydrogen) atoms. The summed E-state index contributed by atoms with van der Waals surface area (Å²) in [6.07, 6.45) is 1.76. The summed E-state index contributed by atoms with van der Waals surface area (Å²) in [4.78, 5) is 4.60. The number of hydrazone groups is 1. The molecule has 4 aromatic rings. The first-order chi connectivity index (χ1) is 14.7. The Morgan fingerprint density at radius 1 is 0.900 bits per heavy atom. The number of rotatable bonds is 7. The van der Waals surface area contributed by atoms with E-state index in [0.717, 1.165) is 33.5 Å². The molecule has 0 spiro atoms. The van der Waals surface area contributed by atoms with Gasteiger partial charge in [-0.25, -0.2) is 4.98 Å². The van der Waals surface area contributed by atoms with Gasteiger partial charge in [-0.3, -0.25) is 5.43 Å². The number of nitrogens with zero attached hydrogens (tertiary/aromatic N) is 2. The summed E-state index contributed by atoms with van der Waals surface area (Å²) in [5, 5.41) is 7.14. The van der Waals surface area contributed by atoms with Gasteiger partial charge in [0.2, 0.25) is 5.13 Å². The second-order valence-corrected chi connectivity index (χ2v) is 7.96. The molecule has 150 valence electrons. The van der Waals surface area contributed by atoms with Crippen LogP contribution in [0.3, 0.4) is 0 Å². The van der Waals surface area contributed by atoms with Crippen LogP contribution in [0.15, 0.2) is 89.3 Å². The summed E-state index contributed by atoms with van der Waals surface area (Å²) < 4.78 is 6.23. The molecule has 0 radical (unpaired) electrons. The highest BCUT2D eigenvalue weighted by Gasteiger charge is 2.10. The van der Waals surface area contributed by atoms with Gasteiger partial charge < -0.3 is 4.74 Å². The van der Waals surface area contributed by atoms with E-state index >= 15 is 0 Å². The van der Waals surface area contributed by atoms with Gasteiger partial charge >= 0.3 is 0 Å². The zero-order chi connectivity index (χ0) is 20.8. The molecule has 0 atom stereocenters. The van der Waals surface area contributed by atoms with Crippen molar-refractivity contribution in [2.24, 2.45) is 5.10 Å². The predicted octanol–water partition coefficient (Wildman–Crippen LogP) is 7.17. The molecule has 1 heterocycles. The van der Waals surface area contributed by atoms with E-state index in [0.29, 0.717) is 5.92 Å². The fraction of sp³-hybridized carbons (Fsp3) is 0.120. The summed E-state index contributed by atoms with van der Waals surface area (Å²) in [5.41, 5.74) is 7.12. The molecule has 0 saturated carbocycles. The Kier molecular flexibility index (Phi) is 6.20. The van der Waals surface area contributed by atoms with Crippen molar-refractivity contribution in [2.45, 2.75) is 19.8 Å². The summed E-state index contributed by atoms with van der Waals surface area (Å²) >= 11 is 1.52. The van der Waals surface area contributed by atoms with E-state index in [1.54, 1.807) is 6.21 Å². The van der Waals surface area contributed by atoms with Gasteiger partial charge in [0.25, 0.3) is 0 Å². The van der Waals surface area contributed by atoms with Crippen molar-refractivity contribution >= 4 is 22.7 Å². The predicted molar refractivity (Wildman–Crippen MR) is 126 cm³/mol. The molecule has 1 N–H and O–H groups in total. The van der Waals surface area contributed by atoms with Gasteiger partial charge in [0.05, 0.1) is 11.9 Å². The lowest BCUT2D eigenvalue weighted by Crippen LogP contribution is -1.97. The second kappa shape index (κ2) is 9.37. The Morgan fingerprint density at radius 2 is 1.60 bits per heavy atom. The minimum absolute atomic E-state index is 0.382. The smallest absolute Gasteiger partial charge is 0.203 e. The highest BCUT2D eigenvalue weighted by molar-refractivity contribution is 7.14. The third-order valence-corrected chi connectivity index (χ3v) is 5.36. The number of aromatic nitrogens is 1. The third-order valence-electron chi connectivity index (χ3n) is 4.62. The first-order valence-corrected chi connectivity index (χ1v) is 10.7. The van der Waals surface area contributed by atoms with Crippen LogP contribution in [0.5, 0.6) is 11.5 Å². The van der Waals surface area contributed by atoms with Crippen molar-refractivity contribution in [3.8, 4) is 22.8 Å². The standard InChI is InChI=1S/C25H23N3OS/c1-18(2)21-13-7-9-15-24(21)29-23-14-8-6-12-20(23)16-26-28-25-27-22(17-30-25)19-10-4-3-5-11-19/h3-18H,1-2H3,(H,27,28). The van der Waals surface area contributed by atoms with Crippen LogP contribution in [0, 0.1) is 0 Å². The first-order valence-electron chi connectivity index (χ1n) is 9.86. The molecule has 5 heteroatoms. The Labute approximate surface area is 180 Å². The van der Waals surface area contributed by atoms with E-state index in [2.05, 4.69) is 35.4 Å². The van der Waals surface area contributed by atoms with Crippen molar-refractivity contribution in [3.63, 3.8) is 0 Å². The maximum absolute atomic E-state index is 6.23. The fourth-order valence-corrected chi connectivity index (χ4v) is 3.74. The molecule has 1 aromatic heterocycles. The van der Waals surface area contributed by atoms with E-state index in [1.165, 1.54) is 16.9 Å². The summed E-state index contributed by atoms with van der Waals surface area (Å²) in [6, 6.07) is 26.1. The molecule has 0 aliphatic rings. The van der Waals surface area contributed by atoms with Gasteiger partial charge in [-0.05, 0) is 29.7 Å². The number of ether oxygens (including phenoxy) is 1. The van der Waals surface area contributed by atoms with Crippen LogP contribution in [0.25, 0.3) is 11.3 Å². The molecular formula is C25H23N3OS. The van der Waals surface area contributed by atoms with Crippen LogP contribution < -0.4 is 10.2 Å². The maximum atomic E-state index is 6.23. The van der Waals surface area contributed by atoms with Crippen LogP contribution in [0.4, 0.5) is 5.13 Å². The largest absolute Gasteiger partial charge is 0.456 e. The van der Waals surface area contributed by atoms with E-state index in [1.807, 2.05) is 78.2 Å². The summed E-state index contributed by atoms with van der Waals surface area (Å²) in [5.74, 6) is 2.02. The molecule has 4 rings (SSSR count). The van der Waals surface area contributed by atoms with E-state index in [9.17, 15) is 0 Å². The van der Waals surface area contributed by atoms with Crippen LogP contribution in [-0.2, 0) is 0 Å². The number of para-hydroxylation sites is 2.